The van der Waals surface area contributed by atoms with Gasteiger partial charge in [-0.2, -0.15) is 0 Å². The number of hydrogen-bond acceptors (Lipinski definition) is 6. The van der Waals surface area contributed by atoms with E-state index in [4.69, 9.17) is 21.7 Å². The maximum Gasteiger partial charge on any atom is 0.338 e. The van der Waals surface area contributed by atoms with E-state index in [0.29, 0.717) is 17.3 Å². The number of nitrogens with zero attached hydrogens (tertiary/aromatic N) is 3. The molecule has 2 aromatic rings. The molecule has 8 heteroatoms. The predicted molar refractivity (Wildman–Crippen MR) is 163 cm³/mol. The van der Waals surface area contributed by atoms with Crippen molar-refractivity contribution in [1.29, 1.82) is 0 Å². The maximum absolute atomic E-state index is 12.0. The lowest BCUT2D eigenvalue weighted by atomic mass is 9.98. The first kappa shape index (κ1) is 29.3. The van der Waals surface area contributed by atoms with E-state index in [1.807, 2.05) is 19.1 Å². The summed E-state index contributed by atoms with van der Waals surface area (Å²) in [4.78, 5) is 19.3. The molecule has 2 aliphatic heterocycles. The number of ether oxygens (including phenoxy) is 2. The van der Waals surface area contributed by atoms with Crippen molar-refractivity contribution in [2.45, 2.75) is 52.5 Å². The standard InChI is InChI=1S/C31H44N4O3S/c1-3-5-16-34-17-6-8-27-23-25(9-14-29(27)34)24-35(18-7-15-33-19-21-37-22-20-33)31(39)32-28-12-10-26(11-13-28)30(36)38-4-2/h9-14,23H,3-8,15-22,24H2,1-2H3,(H,32,39). The maximum atomic E-state index is 12.0. The lowest BCUT2D eigenvalue weighted by Crippen LogP contribution is -2.40. The molecule has 0 aliphatic carbocycles. The Labute approximate surface area is 239 Å². The molecule has 39 heavy (non-hydrogen) atoms. The molecule has 2 aliphatic rings. The van der Waals surface area contributed by atoms with Crippen LogP contribution in [0.4, 0.5) is 11.4 Å². The molecule has 1 saturated heterocycles. The summed E-state index contributed by atoms with van der Waals surface area (Å²) in [6.07, 6.45) is 5.83. The fourth-order valence-electron chi connectivity index (χ4n) is 5.30. The van der Waals surface area contributed by atoms with Crippen LogP contribution in [-0.4, -0.2) is 80.0 Å². The van der Waals surface area contributed by atoms with E-state index in [9.17, 15) is 4.79 Å². The van der Waals surface area contributed by atoms with Crippen LogP contribution in [0.3, 0.4) is 0 Å². The van der Waals surface area contributed by atoms with Gasteiger partial charge in [0.25, 0.3) is 0 Å². The number of fused-ring (bicyclic) bond motifs is 1. The predicted octanol–water partition coefficient (Wildman–Crippen LogP) is 5.34. The van der Waals surface area contributed by atoms with Crippen LogP contribution in [0.15, 0.2) is 42.5 Å². The quantitative estimate of drug-likeness (QED) is 0.280. The summed E-state index contributed by atoms with van der Waals surface area (Å²) in [5.74, 6) is -0.308. The van der Waals surface area contributed by atoms with Gasteiger partial charge in [0.1, 0.15) is 0 Å². The Morgan fingerprint density at radius 1 is 1.05 bits per heavy atom. The molecule has 212 valence electrons. The summed E-state index contributed by atoms with van der Waals surface area (Å²) >= 11 is 5.92. The highest BCUT2D eigenvalue weighted by atomic mass is 32.1. The van der Waals surface area contributed by atoms with Gasteiger partial charge in [0.2, 0.25) is 0 Å². The molecule has 1 N–H and O–H groups in total. The van der Waals surface area contributed by atoms with Crippen LogP contribution >= 0.6 is 12.2 Å². The number of aryl methyl sites for hydroxylation is 1. The van der Waals surface area contributed by atoms with Gasteiger partial charge in [0, 0.05) is 57.2 Å². The van der Waals surface area contributed by atoms with E-state index in [1.165, 1.54) is 36.1 Å². The summed E-state index contributed by atoms with van der Waals surface area (Å²) in [6, 6.07) is 14.3. The number of nitrogens with one attached hydrogen (secondary N) is 1. The molecule has 4 rings (SSSR count). The normalized spacial score (nSPS) is 15.5. The van der Waals surface area contributed by atoms with Crippen molar-refractivity contribution < 1.29 is 14.3 Å². The topological polar surface area (TPSA) is 57.3 Å². The minimum Gasteiger partial charge on any atom is -0.462 e. The molecular weight excluding hydrogens is 508 g/mol. The molecule has 0 unspecified atom stereocenters. The van der Waals surface area contributed by atoms with Crippen LogP contribution < -0.4 is 10.2 Å². The number of hydrogen-bond donors (Lipinski definition) is 1. The van der Waals surface area contributed by atoms with Crippen LogP contribution in [0, 0.1) is 0 Å². The SMILES string of the molecule is CCCCN1CCCc2cc(CN(CCCN3CCOCC3)C(=S)Nc3ccc(C(=O)OCC)cc3)ccc21. The first-order valence-electron chi connectivity index (χ1n) is 14.6. The van der Waals surface area contributed by atoms with Crippen molar-refractivity contribution in [2.24, 2.45) is 0 Å². The van der Waals surface area contributed by atoms with Crippen LogP contribution in [0.25, 0.3) is 0 Å². The zero-order chi connectivity index (χ0) is 27.5. The fourth-order valence-corrected chi connectivity index (χ4v) is 5.57. The highest BCUT2D eigenvalue weighted by molar-refractivity contribution is 7.80. The van der Waals surface area contributed by atoms with Gasteiger partial charge in [-0.1, -0.05) is 25.5 Å². The Bertz CT molecular complexity index is 1070. The molecule has 0 radical (unpaired) electrons. The second-order valence-corrected chi connectivity index (χ2v) is 10.8. The Morgan fingerprint density at radius 3 is 2.59 bits per heavy atom. The van der Waals surface area contributed by atoms with E-state index >= 15 is 0 Å². The molecule has 1 fully saturated rings. The lowest BCUT2D eigenvalue weighted by molar-refractivity contribution is 0.0367. The molecular formula is C31H44N4O3S. The van der Waals surface area contributed by atoms with E-state index in [2.05, 4.69) is 45.1 Å². The summed E-state index contributed by atoms with van der Waals surface area (Å²) in [5.41, 5.74) is 5.55. The molecule has 0 spiro atoms. The van der Waals surface area contributed by atoms with Crippen molar-refractivity contribution in [3.8, 4) is 0 Å². The second kappa shape index (κ2) is 15.2. The van der Waals surface area contributed by atoms with Crippen molar-refractivity contribution in [3.05, 3.63) is 59.2 Å². The van der Waals surface area contributed by atoms with Gasteiger partial charge < -0.3 is 24.6 Å². The molecule has 0 saturated carbocycles. The van der Waals surface area contributed by atoms with Gasteiger partial charge in [-0.15, -0.1) is 0 Å². The fraction of sp³-hybridized carbons (Fsp3) is 0.548. The third-order valence-corrected chi connectivity index (χ3v) is 7.81. The number of morpholine rings is 1. The number of anilines is 2. The summed E-state index contributed by atoms with van der Waals surface area (Å²) in [7, 11) is 0. The zero-order valence-electron chi connectivity index (χ0n) is 23.6. The Morgan fingerprint density at radius 2 is 1.85 bits per heavy atom. The Kier molecular flexibility index (Phi) is 11.4. The minimum absolute atomic E-state index is 0.308. The molecule has 7 nitrogen and oxygen atoms in total. The minimum atomic E-state index is -0.308. The smallest absolute Gasteiger partial charge is 0.338 e. The van der Waals surface area contributed by atoms with Crippen LogP contribution in [0.2, 0.25) is 0 Å². The van der Waals surface area contributed by atoms with Crippen LogP contribution in [-0.2, 0) is 22.4 Å². The lowest BCUT2D eigenvalue weighted by Gasteiger charge is -2.32. The average molecular weight is 553 g/mol. The average Bonchev–Trinajstić information content (AvgIpc) is 2.96. The molecule has 2 heterocycles. The Hall–Kier alpha value is -2.68. The monoisotopic (exact) mass is 552 g/mol. The second-order valence-electron chi connectivity index (χ2n) is 10.4. The van der Waals surface area contributed by atoms with Gasteiger partial charge in [-0.25, -0.2) is 4.79 Å². The third kappa shape index (κ3) is 8.65. The number of carbonyl (C=O) groups is 1. The van der Waals surface area contributed by atoms with Gasteiger partial charge >= 0.3 is 5.97 Å². The number of esters is 1. The number of rotatable bonds is 12. The van der Waals surface area contributed by atoms with Gasteiger partial charge in [-0.05, 0) is 86.3 Å². The summed E-state index contributed by atoms with van der Waals surface area (Å²) in [5, 5.41) is 4.10. The molecule has 0 bridgehead atoms. The van der Waals surface area contributed by atoms with Crippen LogP contribution in [0.5, 0.6) is 0 Å². The van der Waals surface area contributed by atoms with Gasteiger partial charge in [-0.3, -0.25) is 4.90 Å². The first-order valence-corrected chi connectivity index (χ1v) is 15.0. The summed E-state index contributed by atoms with van der Waals surface area (Å²) in [6.45, 7) is 13.0. The van der Waals surface area contributed by atoms with Crippen LogP contribution in [0.1, 0.15) is 61.0 Å². The number of thiocarbonyl (C=S) groups is 1. The highest BCUT2D eigenvalue weighted by Crippen LogP contribution is 2.29. The van der Waals surface area contributed by atoms with Crippen molar-refractivity contribution in [2.75, 3.05) is 69.3 Å². The number of benzene rings is 2. The number of carbonyl (C=O) groups excluding carboxylic acids is 1. The third-order valence-electron chi connectivity index (χ3n) is 7.45. The van der Waals surface area contributed by atoms with E-state index < -0.39 is 0 Å². The highest BCUT2D eigenvalue weighted by Gasteiger charge is 2.19. The van der Waals surface area contributed by atoms with E-state index in [0.717, 1.165) is 77.6 Å². The van der Waals surface area contributed by atoms with Gasteiger partial charge in [0.05, 0.1) is 25.4 Å². The molecule has 0 aromatic heterocycles. The molecule has 2 aromatic carbocycles. The molecule has 0 amide bonds. The largest absolute Gasteiger partial charge is 0.462 e. The van der Waals surface area contributed by atoms with Crippen molar-refractivity contribution in [3.63, 3.8) is 0 Å². The van der Waals surface area contributed by atoms with Gasteiger partial charge in [0.15, 0.2) is 5.11 Å². The van der Waals surface area contributed by atoms with Crippen molar-refractivity contribution in [1.82, 2.24) is 9.80 Å². The van der Waals surface area contributed by atoms with E-state index in [1.54, 1.807) is 12.1 Å². The van der Waals surface area contributed by atoms with Crippen molar-refractivity contribution >= 4 is 34.7 Å². The number of unbranched alkanes of at least 4 members (excludes halogenated alkanes) is 1. The molecule has 0 atom stereocenters. The Balaban J connectivity index is 1.43. The first-order chi connectivity index (χ1) is 19.1. The zero-order valence-corrected chi connectivity index (χ0v) is 24.4. The van der Waals surface area contributed by atoms with E-state index in [-0.39, 0.29) is 5.97 Å². The summed E-state index contributed by atoms with van der Waals surface area (Å²) < 4.78 is 10.6.